The predicted octanol–water partition coefficient (Wildman–Crippen LogP) is 1.34. The summed E-state index contributed by atoms with van der Waals surface area (Å²) in [6.07, 6.45) is 1.27. The van der Waals surface area contributed by atoms with E-state index in [-0.39, 0.29) is 5.78 Å². The molecule has 0 amide bonds. The molecule has 5 heteroatoms. The van der Waals surface area contributed by atoms with Crippen LogP contribution in [0, 0.1) is 6.92 Å². The second kappa shape index (κ2) is 6.06. The number of Topliss-reactive ketones (excluding diaryl/α,β-unsaturated/α-hetero) is 1. The molecular formula is C15H25N3O2. The van der Waals surface area contributed by atoms with Crippen LogP contribution in [0.2, 0.25) is 0 Å². The van der Waals surface area contributed by atoms with Gasteiger partial charge in [0, 0.05) is 25.8 Å². The van der Waals surface area contributed by atoms with E-state index in [1.165, 1.54) is 0 Å². The van der Waals surface area contributed by atoms with Crippen LogP contribution in [0.15, 0.2) is 6.07 Å². The molecule has 1 aliphatic rings. The lowest BCUT2D eigenvalue weighted by Gasteiger charge is -2.41. The van der Waals surface area contributed by atoms with Crippen molar-refractivity contribution in [3.63, 3.8) is 0 Å². The van der Waals surface area contributed by atoms with Crippen LogP contribution in [-0.2, 0) is 23.0 Å². The third-order valence-electron chi connectivity index (χ3n) is 4.44. The summed E-state index contributed by atoms with van der Waals surface area (Å²) in [7, 11) is 1.90. The van der Waals surface area contributed by atoms with Crippen molar-refractivity contribution in [2.24, 2.45) is 7.05 Å². The fraction of sp³-hybridized carbons (Fsp3) is 0.733. The lowest BCUT2D eigenvalue weighted by atomic mass is 9.88. The molecule has 1 unspecified atom stereocenters. The van der Waals surface area contributed by atoms with E-state index in [1.807, 2.05) is 24.7 Å². The number of carbonyl (C=O) groups excluding carboxylic acids is 1. The molecule has 1 aliphatic heterocycles. The molecule has 0 bridgehead atoms. The maximum absolute atomic E-state index is 12.8. The molecule has 1 aromatic rings. The Labute approximate surface area is 120 Å². The Balaban J connectivity index is 2.13. The number of carbonyl (C=O) groups is 1. The second-order valence-corrected chi connectivity index (χ2v) is 5.73. The largest absolute Gasteiger partial charge is 0.379 e. The van der Waals surface area contributed by atoms with Crippen LogP contribution in [0.25, 0.3) is 0 Å². The highest BCUT2D eigenvalue weighted by Gasteiger charge is 2.38. The Morgan fingerprint density at radius 2 is 2.10 bits per heavy atom. The van der Waals surface area contributed by atoms with Crippen molar-refractivity contribution >= 4 is 5.78 Å². The van der Waals surface area contributed by atoms with E-state index < -0.39 is 5.54 Å². The molecule has 112 valence electrons. The molecule has 0 aliphatic carbocycles. The van der Waals surface area contributed by atoms with Crippen LogP contribution in [-0.4, -0.2) is 52.3 Å². The van der Waals surface area contributed by atoms with Crippen LogP contribution >= 0.6 is 0 Å². The molecule has 0 radical (unpaired) electrons. The predicted molar refractivity (Wildman–Crippen MR) is 77.7 cm³/mol. The molecule has 2 heterocycles. The van der Waals surface area contributed by atoms with Gasteiger partial charge >= 0.3 is 0 Å². The van der Waals surface area contributed by atoms with Gasteiger partial charge in [-0.2, -0.15) is 5.10 Å². The smallest absolute Gasteiger partial charge is 0.158 e. The minimum Gasteiger partial charge on any atom is -0.379 e. The molecule has 1 fully saturated rings. The van der Waals surface area contributed by atoms with E-state index in [9.17, 15) is 4.79 Å². The minimum absolute atomic E-state index is 0.268. The number of aryl methyl sites for hydroxylation is 2. The van der Waals surface area contributed by atoms with E-state index in [0.29, 0.717) is 19.6 Å². The standard InChI is InChI=1S/C15H25N3O2/c1-5-15(3,18-6-8-20-9-7-18)14(19)11-13-10-12(2)16-17(13)4/h10H,5-9,11H2,1-4H3. The number of morpholine rings is 1. The van der Waals surface area contributed by atoms with Gasteiger partial charge in [0.1, 0.15) is 0 Å². The summed E-state index contributed by atoms with van der Waals surface area (Å²) in [6, 6.07) is 1.99. The molecule has 0 aromatic carbocycles. The quantitative estimate of drug-likeness (QED) is 0.816. The van der Waals surface area contributed by atoms with Crippen molar-refractivity contribution in [3.8, 4) is 0 Å². The molecule has 1 atom stereocenters. The Kier molecular flexibility index (Phi) is 4.60. The van der Waals surface area contributed by atoms with Gasteiger partial charge < -0.3 is 4.74 Å². The third kappa shape index (κ3) is 2.94. The van der Waals surface area contributed by atoms with Gasteiger partial charge in [0.2, 0.25) is 0 Å². The number of aromatic nitrogens is 2. The van der Waals surface area contributed by atoms with Crippen LogP contribution < -0.4 is 0 Å². The molecule has 5 nitrogen and oxygen atoms in total. The van der Waals surface area contributed by atoms with E-state index in [0.717, 1.165) is 30.9 Å². The highest BCUT2D eigenvalue weighted by atomic mass is 16.5. The van der Waals surface area contributed by atoms with Gasteiger partial charge in [0.05, 0.1) is 30.9 Å². The van der Waals surface area contributed by atoms with Gasteiger partial charge in [-0.1, -0.05) is 6.92 Å². The minimum atomic E-state index is -0.401. The first-order chi connectivity index (χ1) is 9.47. The molecule has 2 rings (SSSR count). The molecule has 0 spiro atoms. The maximum atomic E-state index is 12.8. The van der Waals surface area contributed by atoms with Gasteiger partial charge in [-0.15, -0.1) is 0 Å². The number of rotatable bonds is 5. The van der Waals surface area contributed by atoms with Crippen molar-refractivity contribution in [2.45, 2.75) is 39.2 Å². The third-order valence-corrected chi connectivity index (χ3v) is 4.44. The number of hydrogen-bond donors (Lipinski definition) is 0. The highest BCUT2D eigenvalue weighted by molar-refractivity contribution is 5.89. The maximum Gasteiger partial charge on any atom is 0.158 e. The van der Waals surface area contributed by atoms with Crippen LogP contribution in [0.1, 0.15) is 31.7 Å². The Hall–Kier alpha value is -1.20. The normalized spacial score (nSPS) is 19.8. The molecule has 0 saturated carbocycles. The monoisotopic (exact) mass is 279 g/mol. The van der Waals surface area contributed by atoms with E-state index >= 15 is 0 Å². The lowest BCUT2D eigenvalue weighted by molar-refractivity contribution is -0.133. The zero-order chi connectivity index (χ0) is 14.8. The van der Waals surface area contributed by atoms with E-state index in [4.69, 9.17) is 4.74 Å². The van der Waals surface area contributed by atoms with Gasteiger partial charge in [-0.05, 0) is 26.3 Å². The summed E-state index contributed by atoms with van der Waals surface area (Å²) < 4.78 is 7.20. The lowest BCUT2D eigenvalue weighted by Crippen LogP contribution is -2.56. The highest BCUT2D eigenvalue weighted by Crippen LogP contribution is 2.24. The zero-order valence-electron chi connectivity index (χ0n) is 13.0. The average molecular weight is 279 g/mol. The number of ketones is 1. The molecule has 1 aromatic heterocycles. The number of hydrogen-bond acceptors (Lipinski definition) is 4. The first-order valence-electron chi connectivity index (χ1n) is 7.33. The summed E-state index contributed by atoms with van der Waals surface area (Å²) in [4.78, 5) is 15.1. The van der Waals surface area contributed by atoms with Crippen LogP contribution in [0.5, 0.6) is 0 Å². The Morgan fingerprint density at radius 1 is 1.45 bits per heavy atom. The summed E-state index contributed by atoms with van der Waals surface area (Å²) >= 11 is 0. The Morgan fingerprint density at radius 3 is 2.60 bits per heavy atom. The average Bonchev–Trinajstić information content (AvgIpc) is 2.76. The SMILES string of the molecule is CCC(C)(C(=O)Cc1cc(C)nn1C)N1CCOCC1. The van der Waals surface area contributed by atoms with Crippen LogP contribution in [0.4, 0.5) is 0 Å². The van der Waals surface area contributed by atoms with E-state index in [1.54, 1.807) is 0 Å². The van der Waals surface area contributed by atoms with Gasteiger partial charge in [-0.3, -0.25) is 14.4 Å². The topological polar surface area (TPSA) is 47.4 Å². The zero-order valence-corrected chi connectivity index (χ0v) is 13.0. The fourth-order valence-corrected chi connectivity index (χ4v) is 2.84. The van der Waals surface area contributed by atoms with Gasteiger partial charge in [0.15, 0.2) is 5.78 Å². The summed E-state index contributed by atoms with van der Waals surface area (Å²) in [5.41, 5.74) is 1.54. The first-order valence-corrected chi connectivity index (χ1v) is 7.33. The Bertz CT molecular complexity index is 477. The van der Waals surface area contributed by atoms with E-state index in [2.05, 4.69) is 23.8 Å². The number of ether oxygens (including phenoxy) is 1. The van der Waals surface area contributed by atoms with Crippen molar-refractivity contribution in [3.05, 3.63) is 17.5 Å². The molecule has 20 heavy (non-hydrogen) atoms. The second-order valence-electron chi connectivity index (χ2n) is 5.73. The molecule has 1 saturated heterocycles. The van der Waals surface area contributed by atoms with Crippen LogP contribution in [0.3, 0.4) is 0 Å². The van der Waals surface area contributed by atoms with Crippen molar-refractivity contribution < 1.29 is 9.53 Å². The number of nitrogens with zero attached hydrogens (tertiary/aromatic N) is 3. The van der Waals surface area contributed by atoms with Crippen molar-refractivity contribution in [1.82, 2.24) is 14.7 Å². The van der Waals surface area contributed by atoms with Gasteiger partial charge in [-0.25, -0.2) is 0 Å². The first kappa shape index (κ1) is 15.2. The van der Waals surface area contributed by atoms with Crippen molar-refractivity contribution in [1.29, 1.82) is 0 Å². The molecule has 0 N–H and O–H groups in total. The summed E-state index contributed by atoms with van der Waals surface area (Å²) in [5.74, 6) is 0.268. The van der Waals surface area contributed by atoms with Gasteiger partial charge in [0.25, 0.3) is 0 Å². The van der Waals surface area contributed by atoms with Crippen molar-refractivity contribution in [2.75, 3.05) is 26.3 Å². The molecular weight excluding hydrogens is 254 g/mol. The fourth-order valence-electron chi connectivity index (χ4n) is 2.84. The summed E-state index contributed by atoms with van der Waals surface area (Å²) in [6.45, 7) is 9.20. The summed E-state index contributed by atoms with van der Waals surface area (Å²) in [5, 5.41) is 4.32.